The fourth-order valence-electron chi connectivity index (χ4n) is 4.62. The van der Waals surface area contributed by atoms with Gasteiger partial charge in [-0.05, 0) is 36.6 Å². The van der Waals surface area contributed by atoms with Crippen LogP contribution in [0.1, 0.15) is 37.7 Å². The second-order valence-electron chi connectivity index (χ2n) is 8.48. The molecule has 0 radical (unpaired) electrons. The first-order valence-electron chi connectivity index (χ1n) is 11.0. The number of benzene rings is 2. The summed E-state index contributed by atoms with van der Waals surface area (Å²) in [6.07, 6.45) is 5.86. The van der Waals surface area contributed by atoms with E-state index in [9.17, 15) is 4.79 Å². The lowest BCUT2D eigenvalue weighted by atomic mass is 10.1. The van der Waals surface area contributed by atoms with Crippen molar-refractivity contribution in [1.29, 1.82) is 0 Å². The molecule has 3 N–H and O–H groups in total. The molecule has 2 aromatic carbocycles. The number of carboxylic acid groups (broad SMARTS) is 1. The fourth-order valence-corrected chi connectivity index (χ4v) is 5.74. The second kappa shape index (κ2) is 8.83. The van der Waals surface area contributed by atoms with E-state index >= 15 is 0 Å². The van der Waals surface area contributed by atoms with E-state index in [1.807, 2.05) is 30.3 Å². The predicted molar refractivity (Wildman–Crippen MR) is 126 cm³/mol. The van der Waals surface area contributed by atoms with Gasteiger partial charge in [0.1, 0.15) is 11.5 Å². The Balaban J connectivity index is 1.39. The van der Waals surface area contributed by atoms with Gasteiger partial charge in [0.2, 0.25) is 0 Å². The molecule has 0 amide bonds. The highest BCUT2D eigenvalue weighted by Gasteiger charge is 2.32. The van der Waals surface area contributed by atoms with Crippen LogP contribution in [0.5, 0.6) is 11.5 Å². The Bertz CT molecular complexity index is 989. The molecule has 0 saturated heterocycles. The zero-order valence-corrected chi connectivity index (χ0v) is 18.2. The van der Waals surface area contributed by atoms with Gasteiger partial charge in [0.25, 0.3) is 0 Å². The first kappa shape index (κ1) is 20.2. The van der Waals surface area contributed by atoms with Gasteiger partial charge in [-0.1, -0.05) is 31.0 Å². The molecule has 162 valence electrons. The largest absolute Gasteiger partial charge is 0.481 e. The summed E-state index contributed by atoms with van der Waals surface area (Å²) < 4.78 is 6.16. The molecule has 7 heteroatoms. The van der Waals surface area contributed by atoms with Gasteiger partial charge in [-0.25, -0.2) is 0 Å². The third-order valence-corrected chi connectivity index (χ3v) is 7.31. The zero-order valence-electron chi connectivity index (χ0n) is 17.3. The minimum atomic E-state index is -0.788. The molecule has 6 nitrogen and oxygen atoms in total. The van der Waals surface area contributed by atoms with E-state index in [0.29, 0.717) is 6.04 Å². The number of nitrogens with zero attached hydrogens (tertiary/aromatic N) is 1. The number of rotatable bonds is 7. The molecule has 31 heavy (non-hydrogen) atoms. The number of anilines is 2. The predicted octanol–water partition coefficient (Wildman–Crippen LogP) is 5.16. The SMILES string of the molecule is O=C(O)CC1CSC(C2Cc3cc(Oc4ccccc4)cc(NC4CCCC4)c3N2)=N1. The highest BCUT2D eigenvalue weighted by molar-refractivity contribution is 8.14. The summed E-state index contributed by atoms with van der Waals surface area (Å²) in [6.45, 7) is 0. The van der Waals surface area contributed by atoms with Crippen molar-refractivity contribution in [2.75, 3.05) is 16.4 Å². The van der Waals surface area contributed by atoms with Crippen LogP contribution >= 0.6 is 11.8 Å². The van der Waals surface area contributed by atoms with Crippen molar-refractivity contribution >= 4 is 34.1 Å². The van der Waals surface area contributed by atoms with Crippen molar-refractivity contribution in [3.63, 3.8) is 0 Å². The smallest absolute Gasteiger partial charge is 0.305 e. The zero-order chi connectivity index (χ0) is 21.2. The lowest BCUT2D eigenvalue weighted by Crippen LogP contribution is -2.24. The quantitative estimate of drug-likeness (QED) is 0.555. The van der Waals surface area contributed by atoms with E-state index in [1.54, 1.807) is 11.8 Å². The summed E-state index contributed by atoms with van der Waals surface area (Å²) in [5.74, 6) is 1.61. The molecule has 1 aliphatic carbocycles. The van der Waals surface area contributed by atoms with E-state index < -0.39 is 5.97 Å². The molecule has 0 bridgehead atoms. The summed E-state index contributed by atoms with van der Waals surface area (Å²) in [7, 11) is 0. The number of ether oxygens (including phenoxy) is 1. The Labute approximate surface area is 186 Å². The molecule has 2 aromatic rings. The monoisotopic (exact) mass is 437 g/mol. The normalized spacial score (nSPS) is 22.6. The maximum Gasteiger partial charge on any atom is 0.305 e. The fraction of sp³-hybridized carbons (Fsp3) is 0.417. The average molecular weight is 438 g/mol. The molecular formula is C24H27N3O3S. The lowest BCUT2D eigenvalue weighted by molar-refractivity contribution is -0.137. The van der Waals surface area contributed by atoms with E-state index in [2.05, 4.69) is 22.8 Å². The number of aliphatic carboxylic acids is 1. The topological polar surface area (TPSA) is 83.0 Å². The van der Waals surface area contributed by atoms with E-state index in [-0.39, 0.29) is 18.5 Å². The maximum atomic E-state index is 11.0. The summed E-state index contributed by atoms with van der Waals surface area (Å²) in [5, 5.41) is 17.5. The third-order valence-electron chi connectivity index (χ3n) is 6.07. The van der Waals surface area contributed by atoms with Crippen molar-refractivity contribution < 1.29 is 14.6 Å². The van der Waals surface area contributed by atoms with Crippen LogP contribution in [0.3, 0.4) is 0 Å². The maximum absolute atomic E-state index is 11.0. The van der Waals surface area contributed by atoms with Crippen LogP contribution in [-0.4, -0.2) is 40.0 Å². The van der Waals surface area contributed by atoms with Crippen molar-refractivity contribution in [3.8, 4) is 11.5 Å². The van der Waals surface area contributed by atoms with Gasteiger partial charge in [-0.3, -0.25) is 9.79 Å². The Kier molecular flexibility index (Phi) is 5.76. The highest BCUT2D eigenvalue weighted by atomic mass is 32.2. The molecule has 5 rings (SSSR count). The van der Waals surface area contributed by atoms with Crippen LogP contribution in [0.25, 0.3) is 0 Å². The highest BCUT2D eigenvalue weighted by Crippen LogP contribution is 2.41. The van der Waals surface area contributed by atoms with Crippen LogP contribution in [0.2, 0.25) is 0 Å². The van der Waals surface area contributed by atoms with Crippen LogP contribution in [-0.2, 0) is 11.2 Å². The van der Waals surface area contributed by atoms with Gasteiger partial charge in [0.15, 0.2) is 0 Å². The van der Waals surface area contributed by atoms with Gasteiger partial charge in [-0.15, -0.1) is 11.8 Å². The van der Waals surface area contributed by atoms with Crippen molar-refractivity contribution in [3.05, 3.63) is 48.0 Å². The van der Waals surface area contributed by atoms with E-state index in [4.69, 9.17) is 14.8 Å². The van der Waals surface area contributed by atoms with Gasteiger partial charge in [0, 0.05) is 24.3 Å². The molecule has 2 atom stereocenters. The minimum Gasteiger partial charge on any atom is -0.481 e. The Morgan fingerprint density at radius 3 is 2.77 bits per heavy atom. The van der Waals surface area contributed by atoms with Crippen LogP contribution in [0, 0.1) is 0 Å². The van der Waals surface area contributed by atoms with Gasteiger partial charge in [0.05, 0.1) is 34.9 Å². The number of aliphatic imine (C=N–C) groups is 1. The van der Waals surface area contributed by atoms with Crippen LogP contribution in [0.4, 0.5) is 11.4 Å². The summed E-state index contributed by atoms with van der Waals surface area (Å²) in [6, 6.07) is 14.5. The lowest BCUT2D eigenvalue weighted by Gasteiger charge is -2.19. The summed E-state index contributed by atoms with van der Waals surface area (Å²) in [4.78, 5) is 15.7. The number of nitrogens with one attached hydrogen (secondary N) is 2. The van der Waals surface area contributed by atoms with Crippen molar-refractivity contribution in [1.82, 2.24) is 0 Å². The van der Waals surface area contributed by atoms with Crippen molar-refractivity contribution in [2.45, 2.75) is 56.7 Å². The molecule has 0 spiro atoms. The summed E-state index contributed by atoms with van der Waals surface area (Å²) in [5.41, 5.74) is 3.43. The Morgan fingerprint density at radius 1 is 1.19 bits per heavy atom. The first-order chi connectivity index (χ1) is 15.1. The number of fused-ring (bicyclic) bond motifs is 1. The number of hydrogen-bond donors (Lipinski definition) is 3. The number of thioether (sulfide) groups is 1. The standard InChI is InChI=1S/C24H27N3O3S/c28-22(29)12-17-14-31-24(26-17)21-11-15-10-19(30-18-8-2-1-3-9-18)13-20(23(15)27-21)25-16-6-4-5-7-16/h1-3,8-10,13,16-17,21,25,27H,4-7,11-12,14H2,(H,28,29). The van der Waals surface area contributed by atoms with Crippen LogP contribution in [0.15, 0.2) is 47.5 Å². The first-order valence-corrected chi connectivity index (χ1v) is 12.0. The molecule has 1 saturated carbocycles. The van der Waals surface area contributed by atoms with E-state index in [0.717, 1.165) is 40.1 Å². The molecule has 1 fully saturated rings. The summed E-state index contributed by atoms with van der Waals surface area (Å²) >= 11 is 1.68. The average Bonchev–Trinajstić information content (AvgIpc) is 3.49. The number of para-hydroxylation sites is 1. The molecular weight excluding hydrogens is 410 g/mol. The molecule has 2 aliphatic heterocycles. The Hall–Kier alpha value is -2.67. The molecule has 2 heterocycles. The molecule has 3 aliphatic rings. The van der Waals surface area contributed by atoms with Crippen LogP contribution < -0.4 is 15.4 Å². The number of carbonyl (C=O) groups is 1. The van der Waals surface area contributed by atoms with E-state index in [1.165, 1.54) is 31.2 Å². The molecule has 0 aromatic heterocycles. The van der Waals surface area contributed by atoms with Gasteiger partial charge in [-0.2, -0.15) is 0 Å². The second-order valence-corrected chi connectivity index (χ2v) is 9.52. The minimum absolute atomic E-state index is 0.0925. The van der Waals surface area contributed by atoms with Crippen molar-refractivity contribution in [2.24, 2.45) is 4.99 Å². The molecule has 2 unspecified atom stereocenters. The van der Waals surface area contributed by atoms with Gasteiger partial charge >= 0.3 is 5.97 Å². The van der Waals surface area contributed by atoms with Gasteiger partial charge < -0.3 is 20.5 Å². The third kappa shape index (κ3) is 4.66. The number of carboxylic acids is 1. The number of hydrogen-bond acceptors (Lipinski definition) is 6. The Morgan fingerprint density at radius 2 is 2.00 bits per heavy atom.